The quantitative estimate of drug-likeness (QED) is 0.854. The highest BCUT2D eigenvalue weighted by atomic mass is 79.9. The summed E-state index contributed by atoms with van der Waals surface area (Å²) in [5, 5.41) is 3.48. The van der Waals surface area contributed by atoms with Gasteiger partial charge in [-0.25, -0.2) is 4.39 Å². The molecule has 3 nitrogen and oxygen atoms in total. The van der Waals surface area contributed by atoms with Gasteiger partial charge in [0, 0.05) is 10.5 Å². The van der Waals surface area contributed by atoms with Gasteiger partial charge in [-0.15, -0.1) is 0 Å². The molecule has 0 radical (unpaired) electrons. The van der Waals surface area contributed by atoms with Crippen LogP contribution in [0.2, 0.25) is 0 Å². The van der Waals surface area contributed by atoms with Crippen LogP contribution in [0.15, 0.2) is 33.3 Å². The zero-order chi connectivity index (χ0) is 10.1. The first-order chi connectivity index (χ1) is 6.66. The Labute approximate surface area is 87.8 Å². The predicted octanol–water partition coefficient (Wildman–Crippen LogP) is 2.83. The minimum Gasteiger partial charge on any atom is -0.381 e. The molecule has 2 rings (SSSR count). The molecule has 0 aliphatic rings. The Morgan fingerprint density at radius 3 is 2.71 bits per heavy atom. The number of rotatable bonds is 1. The molecule has 2 N–H and O–H groups in total. The molecule has 0 spiro atoms. The minimum atomic E-state index is -0.379. The van der Waals surface area contributed by atoms with Crippen LogP contribution in [0.4, 0.5) is 10.2 Å². The van der Waals surface area contributed by atoms with Gasteiger partial charge in [0.25, 0.3) is 0 Å². The summed E-state index contributed by atoms with van der Waals surface area (Å²) in [5.41, 5.74) is 5.70. The maximum absolute atomic E-state index is 13.4. The van der Waals surface area contributed by atoms with Crippen LogP contribution in [0.1, 0.15) is 0 Å². The highest BCUT2D eigenvalue weighted by Gasteiger charge is 2.10. The van der Waals surface area contributed by atoms with Gasteiger partial charge in [-0.3, -0.25) is 0 Å². The molecule has 0 aliphatic carbocycles. The summed E-state index contributed by atoms with van der Waals surface area (Å²) in [6.07, 6.45) is 0. The summed E-state index contributed by atoms with van der Waals surface area (Å²) in [6.45, 7) is 0. The normalized spacial score (nSPS) is 10.4. The van der Waals surface area contributed by atoms with E-state index in [0.29, 0.717) is 15.8 Å². The Morgan fingerprint density at radius 2 is 2.14 bits per heavy atom. The third-order valence-corrected chi connectivity index (χ3v) is 2.22. The number of hydrogen-bond acceptors (Lipinski definition) is 3. The van der Waals surface area contributed by atoms with E-state index in [1.807, 2.05) is 0 Å². The van der Waals surface area contributed by atoms with E-state index in [9.17, 15) is 4.39 Å². The van der Waals surface area contributed by atoms with Crippen molar-refractivity contribution in [3.63, 3.8) is 0 Å². The molecule has 0 atom stereocenters. The zero-order valence-corrected chi connectivity index (χ0v) is 8.58. The van der Waals surface area contributed by atoms with Crippen LogP contribution in [0.25, 0.3) is 11.3 Å². The monoisotopic (exact) mass is 256 g/mol. The molecule has 0 amide bonds. The van der Waals surface area contributed by atoms with Gasteiger partial charge in [0.2, 0.25) is 0 Å². The Morgan fingerprint density at radius 1 is 1.36 bits per heavy atom. The van der Waals surface area contributed by atoms with Gasteiger partial charge < -0.3 is 10.3 Å². The topological polar surface area (TPSA) is 52.0 Å². The number of hydrogen-bond donors (Lipinski definition) is 1. The Kier molecular flexibility index (Phi) is 2.25. The van der Waals surface area contributed by atoms with Crippen LogP contribution >= 0.6 is 15.9 Å². The molecular weight excluding hydrogens is 251 g/mol. The van der Waals surface area contributed by atoms with Crippen LogP contribution in [0.5, 0.6) is 0 Å². The van der Waals surface area contributed by atoms with E-state index in [-0.39, 0.29) is 11.6 Å². The number of nitrogens with two attached hydrogens (primary N) is 1. The van der Waals surface area contributed by atoms with Crippen molar-refractivity contribution in [1.29, 1.82) is 0 Å². The number of benzene rings is 1. The second kappa shape index (κ2) is 3.42. The predicted molar refractivity (Wildman–Crippen MR) is 54.0 cm³/mol. The van der Waals surface area contributed by atoms with Gasteiger partial charge in [-0.2, -0.15) is 0 Å². The molecule has 0 aliphatic heterocycles. The zero-order valence-electron chi connectivity index (χ0n) is 7.00. The van der Waals surface area contributed by atoms with Crippen molar-refractivity contribution in [3.8, 4) is 11.3 Å². The van der Waals surface area contributed by atoms with Gasteiger partial charge in [0.05, 0.1) is 5.56 Å². The maximum atomic E-state index is 13.4. The SMILES string of the molecule is Nc1cc(-c2ccc(Br)cc2F)on1. The van der Waals surface area contributed by atoms with Gasteiger partial charge in [0.1, 0.15) is 5.82 Å². The van der Waals surface area contributed by atoms with E-state index < -0.39 is 0 Å². The van der Waals surface area contributed by atoms with Crippen molar-refractivity contribution in [2.24, 2.45) is 0 Å². The van der Waals surface area contributed by atoms with Gasteiger partial charge >= 0.3 is 0 Å². The van der Waals surface area contributed by atoms with Crippen LogP contribution < -0.4 is 5.73 Å². The second-order valence-electron chi connectivity index (χ2n) is 2.74. The van der Waals surface area contributed by atoms with Gasteiger partial charge in [-0.05, 0) is 18.2 Å². The van der Waals surface area contributed by atoms with Crippen molar-refractivity contribution in [2.75, 3.05) is 5.73 Å². The standard InChI is InChI=1S/C9H6BrFN2O/c10-5-1-2-6(7(11)3-5)8-4-9(12)13-14-8/h1-4H,(H2,12,13). The summed E-state index contributed by atoms with van der Waals surface area (Å²) >= 11 is 3.16. The number of aromatic nitrogens is 1. The Balaban J connectivity index is 2.52. The second-order valence-corrected chi connectivity index (χ2v) is 3.66. The molecule has 72 valence electrons. The first-order valence-corrected chi connectivity index (χ1v) is 4.64. The summed E-state index contributed by atoms with van der Waals surface area (Å²) in [5.74, 6) is 0.186. The molecule has 1 aromatic heterocycles. The average molecular weight is 257 g/mol. The molecular formula is C9H6BrFN2O. The lowest BCUT2D eigenvalue weighted by Gasteiger charge is -1.97. The molecule has 0 bridgehead atoms. The van der Waals surface area contributed by atoms with Crippen molar-refractivity contribution in [3.05, 3.63) is 34.6 Å². The van der Waals surface area contributed by atoms with E-state index in [1.165, 1.54) is 12.1 Å². The fourth-order valence-electron chi connectivity index (χ4n) is 1.11. The van der Waals surface area contributed by atoms with E-state index in [2.05, 4.69) is 21.1 Å². The molecule has 0 saturated carbocycles. The number of nitrogen functional groups attached to an aromatic ring is 1. The third kappa shape index (κ3) is 1.63. The lowest BCUT2D eigenvalue weighted by atomic mass is 10.1. The molecule has 1 aromatic carbocycles. The van der Waals surface area contributed by atoms with Crippen molar-refractivity contribution >= 4 is 21.7 Å². The van der Waals surface area contributed by atoms with Gasteiger partial charge in [0.15, 0.2) is 11.6 Å². The summed E-state index contributed by atoms with van der Waals surface area (Å²) in [4.78, 5) is 0. The Bertz CT molecular complexity index is 470. The lowest BCUT2D eigenvalue weighted by Crippen LogP contribution is -1.82. The first kappa shape index (κ1) is 9.21. The lowest BCUT2D eigenvalue weighted by molar-refractivity contribution is 0.433. The van der Waals surface area contributed by atoms with Crippen LogP contribution in [0.3, 0.4) is 0 Å². The smallest absolute Gasteiger partial charge is 0.172 e. The van der Waals surface area contributed by atoms with E-state index in [1.54, 1.807) is 12.1 Å². The van der Waals surface area contributed by atoms with E-state index in [4.69, 9.17) is 10.3 Å². The highest BCUT2D eigenvalue weighted by Crippen LogP contribution is 2.26. The van der Waals surface area contributed by atoms with Crippen molar-refractivity contribution < 1.29 is 8.91 Å². The third-order valence-electron chi connectivity index (χ3n) is 1.72. The Hall–Kier alpha value is -1.36. The molecule has 0 saturated heterocycles. The maximum Gasteiger partial charge on any atom is 0.172 e. The number of halogens is 2. The highest BCUT2D eigenvalue weighted by molar-refractivity contribution is 9.10. The van der Waals surface area contributed by atoms with E-state index in [0.717, 1.165) is 0 Å². The molecule has 0 fully saturated rings. The van der Waals surface area contributed by atoms with Crippen LogP contribution in [-0.2, 0) is 0 Å². The fraction of sp³-hybridized carbons (Fsp3) is 0. The molecule has 1 heterocycles. The minimum absolute atomic E-state index is 0.238. The largest absolute Gasteiger partial charge is 0.381 e. The molecule has 2 aromatic rings. The molecule has 0 unspecified atom stereocenters. The molecule has 5 heteroatoms. The average Bonchev–Trinajstić information content (AvgIpc) is 2.51. The molecule has 14 heavy (non-hydrogen) atoms. The van der Waals surface area contributed by atoms with Crippen molar-refractivity contribution in [2.45, 2.75) is 0 Å². The first-order valence-electron chi connectivity index (χ1n) is 3.84. The van der Waals surface area contributed by atoms with Crippen molar-refractivity contribution in [1.82, 2.24) is 5.16 Å². The van der Waals surface area contributed by atoms with Gasteiger partial charge in [-0.1, -0.05) is 21.1 Å². The van der Waals surface area contributed by atoms with Crippen LogP contribution in [-0.4, -0.2) is 5.16 Å². The number of nitrogens with zero attached hydrogens (tertiary/aromatic N) is 1. The summed E-state index contributed by atoms with van der Waals surface area (Å²) in [7, 11) is 0. The summed E-state index contributed by atoms with van der Waals surface area (Å²) < 4.78 is 18.9. The van der Waals surface area contributed by atoms with E-state index >= 15 is 0 Å². The fourth-order valence-corrected chi connectivity index (χ4v) is 1.44. The number of anilines is 1. The van der Waals surface area contributed by atoms with Crippen LogP contribution in [0, 0.1) is 5.82 Å². The summed E-state index contributed by atoms with van der Waals surface area (Å²) in [6, 6.07) is 6.15.